The normalized spacial score (nSPS) is 10.5. The largest absolute Gasteiger partial charge is 0.477 e. The van der Waals surface area contributed by atoms with Crippen molar-refractivity contribution in [1.29, 1.82) is 0 Å². The first-order valence-corrected chi connectivity index (χ1v) is 6.97. The molecule has 0 bridgehead atoms. The Balaban J connectivity index is 2.04. The molecular formula is C13H15N3O3S. The predicted molar refractivity (Wildman–Crippen MR) is 75.1 cm³/mol. The Hall–Kier alpha value is -2.15. The molecule has 0 aliphatic rings. The number of carboxylic acids is 1. The van der Waals surface area contributed by atoms with Gasteiger partial charge in [0.2, 0.25) is 0 Å². The summed E-state index contributed by atoms with van der Waals surface area (Å²) < 4.78 is 1.84. The molecule has 2 N–H and O–H groups in total. The number of carbonyl (C=O) groups is 2. The van der Waals surface area contributed by atoms with Gasteiger partial charge in [-0.3, -0.25) is 4.79 Å². The van der Waals surface area contributed by atoms with E-state index in [-0.39, 0.29) is 17.3 Å². The SMILES string of the molecule is CCn1cccc1C(=O)NCc1nc(C)c(C(=O)O)s1. The van der Waals surface area contributed by atoms with Crippen molar-refractivity contribution in [3.8, 4) is 0 Å². The number of thiazole rings is 1. The van der Waals surface area contributed by atoms with Gasteiger partial charge in [0.05, 0.1) is 12.2 Å². The molecule has 2 heterocycles. The van der Waals surface area contributed by atoms with Crippen molar-refractivity contribution in [3.63, 3.8) is 0 Å². The lowest BCUT2D eigenvalue weighted by Gasteiger charge is -2.06. The lowest BCUT2D eigenvalue weighted by molar-refractivity contribution is 0.0701. The van der Waals surface area contributed by atoms with Gasteiger partial charge in [-0.25, -0.2) is 9.78 Å². The summed E-state index contributed by atoms with van der Waals surface area (Å²) in [5, 5.41) is 12.3. The van der Waals surface area contributed by atoms with Crippen LogP contribution in [0.5, 0.6) is 0 Å². The van der Waals surface area contributed by atoms with E-state index in [1.807, 2.05) is 23.8 Å². The second-order valence-corrected chi connectivity index (χ2v) is 5.27. The van der Waals surface area contributed by atoms with Crippen LogP contribution in [0.1, 0.15) is 37.8 Å². The van der Waals surface area contributed by atoms with E-state index >= 15 is 0 Å². The van der Waals surface area contributed by atoms with E-state index in [1.54, 1.807) is 13.0 Å². The molecule has 0 aliphatic carbocycles. The second-order valence-electron chi connectivity index (χ2n) is 4.19. The van der Waals surface area contributed by atoms with Crippen molar-refractivity contribution in [2.24, 2.45) is 0 Å². The molecular weight excluding hydrogens is 278 g/mol. The molecule has 0 saturated carbocycles. The van der Waals surface area contributed by atoms with Crippen molar-refractivity contribution in [2.45, 2.75) is 26.9 Å². The maximum Gasteiger partial charge on any atom is 0.347 e. The molecule has 2 aromatic rings. The molecule has 0 spiro atoms. The number of carboxylic acid groups (broad SMARTS) is 1. The highest BCUT2D eigenvalue weighted by atomic mass is 32.1. The highest BCUT2D eigenvalue weighted by Gasteiger charge is 2.15. The minimum Gasteiger partial charge on any atom is -0.477 e. The Morgan fingerprint density at radius 1 is 1.50 bits per heavy atom. The third-order valence-corrected chi connectivity index (χ3v) is 3.98. The molecule has 0 radical (unpaired) electrons. The monoisotopic (exact) mass is 293 g/mol. The maximum absolute atomic E-state index is 12.0. The molecule has 0 saturated heterocycles. The number of nitrogens with one attached hydrogen (secondary N) is 1. The van der Waals surface area contributed by atoms with Crippen LogP contribution in [0.3, 0.4) is 0 Å². The Morgan fingerprint density at radius 3 is 2.85 bits per heavy atom. The zero-order chi connectivity index (χ0) is 14.7. The summed E-state index contributed by atoms with van der Waals surface area (Å²) in [6, 6.07) is 3.56. The van der Waals surface area contributed by atoms with Crippen LogP contribution in [0.25, 0.3) is 0 Å². The van der Waals surface area contributed by atoms with Gasteiger partial charge in [0.1, 0.15) is 15.6 Å². The summed E-state index contributed by atoms with van der Waals surface area (Å²) in [7, 11) is 0. The Bertz CT molecular complexity index is 645. The van der Waals surface area contributed by atoms with Crippen LogP contribution in [0.15, 0.2) is 18.3 Å². The van der Waals surface area contributed by atoms with Gasteiger partial charge in [-0.1, -0.05) is 0 Å². The van der Waals surface area contributed by atoms with E-state index in [0.29, 0.717) is 16.4 Å². The molecule has 7 heteroatoms. The number of hydrogen-bond acceptors (Lipinski definition) is 4. The zero-order valence-electron chi connectivity index (χ0n) is 11.2. The quantitative estimate of drug-likeness (QED) is 0.882. The lowest BCUT2D eigenvalue weighted by atomic mass is 10.4. The minimum atomic E-state index is -0.988. The summed E-state index contributed by atoms with van der Waals surface area (Å²) in [4.78, 5) is 27.3. The van der Waals surface area contributed by atoms with Gasteiger partial charge in [-0.15, -0.1) is 11.3 Å². The summed E-state index contributed by atoms with van der Waals surface area (Å²) in [5.41, 5.74) is 1.06. The van der Waals surface area contributed by atoms with E-state index in [2.05, 4.69) is 10.3 Å². The highest BCUT2D eigenvalue weighted by molar-refractivity contribution is 7.13. The fourth-order valence-electron chi connectivity index (χ4n) is 1.87. The smallest absolute Gasteiger partial charge is 0.347 e. The number of aromatic carboxylic acids is 1. The number of amides is 1. The molecule has 0 aromatic carbocycles. The summed E-state index contributed by atoms with van der Waals surface area (Å²) in [5.74, 6) is -1.18. The molecule has 0 fully saturated rings. The molecule has 1 amide bonds. The number of aromatic nitrogens is 2. The topological polar surface area (TPSA) is 84.2 Å². The molecule has 0 aliphatic heterocycles. The third kappa shape index (κ3) is 2.88. The lowest BCUT2D eigenvalue weighted by Crippen LogP contribution is -2.25. The zero-order valence-corrected chi connectivity index (χ0v) is 12.0. The number of nitrogens with zero attached hydrogens (tertiary/aromatic N) is 2. The molecule has 20 heavy (non-hydrogen) atoms. The van der Waals surface area contributed by atoms with Crippen molar-refractivity contribution < 1.29 is 14.7 Å². The van der Waals surface area contributed by atoms with Gasteiger partial charge in [0.25, 0.3) is 5.91 Å². The van der Waals surface area contributed by atoms with Crippen LogP contribution >= 0.6 is 11.3 Å². The van der Waals surface area contributed by atoms with E-state index in [9.17, 15) is 9.59 Å². The third-order valence-electron chi connectivity index (χ3n) is 2.84. The summed E-state index contributed by atoms with van der Waals surface area (Å²) in [6.45, 7) is 4.55. The van der Waals surface area contributed by atoms with Crippen LogP contribution in [0.4, 0.5) is 0 Å². The minimum absolute atomic E-state index is 0.193. The molecule has 6 nitrogen and oxygen atoms in total. The average molecular weight is 293 g/mol. The van der Waals surface area contributed by atoms with Crippen LogP contribution in [-0.4, -0.2) is 26.5 Å². The van der Waals surface area contributed by atoms with E-state index in [1.165, 1.54) is 0 Å². The highest BCUT2D eigenvalue weighted by Crippen LogP contribution is 2.17. The second kappa shape index (κ2) is 5.87. The first kappa shape index (κ1) is 14.3. The van der Waals surface area contributed by atoms with Gasteiger partial charge >= 0.3 is 5.97 Å². The molecule has 2 rings (SSSR count). The van der Waals surface area contributed by atoms with Crippen LogP contribution in [0.2, 0.25) is 0 Å². The fourth-order valence-corrected chi connectivity index (χ4v) is 2.71. The van der Waals surface area contributed by atoms with Gasteiger partial charge in [-0.05, 0) is 26.0 Å². The van der Waals surface area contributed by atoms with E-state index < -0.39 is 5.97 Å². The molecule has 106 valence electrons. The Morgan fingerprint density at radius 2 is 2.25 bits per heavy atom. The van der Waals surface area contributed by atoms with E-state index in [0.717, 1.165) is 17.9 Å². The number of aryl methyl sites for hydroxylation is 2. The van der Waals surface area contributed by atoms with Crippen molar-refractivity contribution in [3.05, 3.63) is 39.6 Å². The van der Waals surface area contributed by atoms with Crippen LogP contribution < -0.4 is 5.32 Å². The molecule has 0 unspecified atom stereocenters. The van der Waals surface area contributed by atoms with Crippen LogP contribution in [0, 0.1) is 6.92 Å². The Labute approximate surface area is 120 Å². The summed E-state index contributed by atoms with van der Waals surface area (Å²) >= 11 is 1.08. The van der Waals surface area contributed by atoms with Crippen LogP contribution in [-0.2, 0) is 13.1 Å². The number of hydrogen-bond donors (Lipinski definition) is 2. The van der Waals surface area contributed by atoms with Gasteiger partial charge < -0.3 is 15.0 Å². The Kier molecular flexibility index (Phi) is 4.19. The molecule has 2 aromatic heterocycles. The van der Waals surface area contributed by atoms with E-state index in [4.69, 9.17) is 5.11 Å². The van der Waals surface area contributed by atoms with Crippen molar-refractivity contribution in [2.75, 3.05) is 0 Å². The first-order valence-electron chi connectivity index (χ1n) is 6.15. The van der Waals surface area contributed by atoms with Gasteiger partial charge in [-0.2, -0.15) is 0 Å². The maximum atomic E-state index is 12.0. The predicted octanol–water partition coefficient (Wildman–Crippen LogP) is 1.90. The van der Waals surface area contributed by atoms with Gasteiger partial charge in [0.15, 0.2) is 0 Å². The van der Waals surface area contributed by atoms with Crippen molar-refractivity contribution >= 4 is 23.2 Å². The summed E-state index contributed by atoms with van der Waals surface area (Å²) in [6.07, 6.45) is 1.84. The number of rotatable bonds is 5. The average Bonchev–Trinajstić information content (AvgIpc) is 3.01. The number of carbonyl (C=O) groups excluding carboxylic acids is 1. The standard InChI is InChI=1S/C13H15N3O3S/c1-3-16-6-4-5-9(16)12(17)14-7-10-15-8(2)11(20-10)13(18)19/h4-6H,3,7H2,1-2H3,(H,14,17)(H,18,19). The fraction of sp³-hybridized carbons (Fsp3) is 0.308. The first-order chi connectivity index (χ1) is 9.52. The molecule has 0 atom stereocenters. The van der Waals surface area contributed by atoms with Gasteiger partial charge in [0, 0.05) is 12.7 Å². The van der Waals surface area contributed by atoms with Crippen molar-refractivity contribution in [1.82, 2.24) is 14.9 Å².